The molecule has 0 fully saturated rings. The Morgan fingerprint density at radius 2 is 1.54 bits per heavy atom. The zero-order valence-corrected chi connectivity index (χ0v) is 15.1. The van der Waals surface area contributed by atoms with Gasteiger partial charge in [-0.2, -0.15) is 9.57 Å². The first kappa shape index (κ1) is 17.9. The summed E-state index contributed by atoms with van der Waals surface area (Å²) in [6.45, 7) is 0.207. The lowest BCUT2D eigenvalue weighted by Gasteiger charge is -2.17. The molecular formula is C21H18N2O2S. The van der Waals surface area contributed by atoms with Crippen molar-refractivity contribution in [1.82, 2.24) is 4.31 Å². The van der Waals surface area contributed by atoms with Crippen molar-refractivity contribution in [3.8, 4) is 17.2 Å². The van der Waals surface area contributed by atoms with Crippen molar-refractivity contribution in [3.63, 3.8) is 0 Å². The minimum atomic E-state index is -3.61. The molecule has 0 spiro atoms. The van der Waals surface area contributed by atoms with Gasteiger partial charge in [-0.1, -0.05) is 54.6 Å². The summed E-state index contributed by atoms with van der Waals surface area (Å²) in [5, 5.41) is 8.97. The third-order valence-corrected chi connectivity index (χ3v) is 5.95. The van der Waals surface area contributed by atoms with E-state index in [0.29, 0.717) is 5.56 Å². The summed E-state index contributed by atoms with van der Waals surface area (Å²) in [7, 11) is -2.06. The number of benzene rings is 3. The molecule has 0 unspecified atom stereocenters. The summed E-state index contributed by atoms with van der Waals surface area (Å²) >= 11 is 0. The van der Waals surface area contributed by atoms with Crippen molar-refractivity contribution in [2.24, 2.45) is 0 Å². The first-order chi connectivity index (χ1) is 12.5. The Bertz CT molecular complexity index is 1040. The highest BCUT2D eigenvalue weighted by Gasteiger charge is 2.21. The van der Waals surface area contributed by atoms with Crippen molar-refractivity contribution < 1.29 is 8.42 Å². The Hall–Kier alpha value is -2.94. The first-order valence-corrected chi connectivity index (χ1v) is 9.55. The molecule has 0 saturated heterocycles. The van der Waals surface area contributed by atoms with Gasteiger partial charge >= 0.3 is 0 Å². The van der Waals surface area contributed by atoms with Crippen molar-refractivity contribution in [1.29, 1.82) is 5.26 Å². The summed E-state index contributed by atoms with van der Waals surface area (Å²) in [6.07, 6.45) is 0. The highest BCUT2D eigenvalue weighted by molar-refractivity contribution is 7.89. The van der Waals surface area contributed by atoms with Gasteiger partial charge in [-0.3, -0.25) is 0 Å². The molecule has 0 atom stereocenters. The molecule has 130 valence electrons. The maximum absolute atomic E-state index is 12.8. The normalized spacial score (nSPS) is 11.3. The van der Waals surface area contributed by atoms with Gasteiger partial charge in [0, 0.05) is 13.6 Å². The lowest BCUT2D eigenvalue weighted by atomic mass is 10.1. The molecular weight excluding hydrogens is 344 g/mol. The molecule has 0 bridgehead atoms. The number of nitrogens with zero attached hydrogens (tertiary/aromatic N) is 2. The smallest absolute Gasteiger partial charge is 0.207 e. The van der Waals surface area contributed by atoms with E-state index in [4.69, 9.17) is 5.26 Å². The molecule has 0 saturated carbocycles. The fourth-order valence-electron chi connectivity index (χ4n) is 2.71. The predicted molar refractivity (Wildman–Crippen MR) is 102 cm³/mol. The molecule has 0 aliphatic heterocycles. The zero-order chi connectivity index (χ0) is 18.6. The van der Waals surface area contributed by atoms with E-state index in [1.807, 2.05) is 48.5 Å². The molecule has 26 heavy (non-hydrogen) atoms. The van der Waals surface area contributed by atoms with E-state index >= 15 is 0 Å². The Morgan fingerprint density at radius 1 is 0.885 bits per heavy atom. The summed E-state index contributed by atoms with van der Waals surface area (Å²) < 4.78 is 26.9. The van der Waals surface area contributed by atoms with Gasteiger partial charge in [0.25, 0.3) is 0 Å². The number of sulfonamides is 1. The van der Waals surface area contributed by atoms with Crippen molar-refractivity contribution >= 4 is 10.0 Å². The molecule has 3 aromatic rings. The number of rotatable bonds is 5. The van der Waals surface area contributed by atoms with Gasteiger partial charge in [-0.05, 0) is 41.0 Å². The van der Waals surface area contributed by atoms with Crippen LogP contribution in [0.5, 0.6) is 0 Å². The molecule has 3 aromatic carbocycles. The van der Waals surface area contributed by atoms with Crippen LogP contribution in [-0.4, -0.2) is 19.8 Å². The van der Waals surface area contributed by atoms with Gasteiger partial charge in [0.1, 0.15) is 0 Å². The summed E-state index contributed by atoms with van der Waals surface area (Å²) in [6, 6.07) is 25.7. The van der Waals surface area contributed by atoms with Crippen LogP contribution in [0.25, 0.3) is 11.1 Å². The van der Waals surface area contributed by atoms with Crippen LogP contribution in [0.3, 0.4) is 0 Å². The van der Waals surface area contributed by atoms with E-state index in [9.17, 15) is 8.42 Å². The first-order valence-electron chi connectivity index (χ1n) is 8.11. The van der Waals surface area contributed by atoms with Gasteiger partial charge < -0.3 is 0 Å². The minimum absolute atomic E-state index is 0.207. The fraction of sp³-hybridized carbons (Fsp3) is 0.0952. The van der Waals surface area contributed by atoms with Crippen LogP contribution >= 0.6 is 0 Å². The van der Waals surface area contributed by atoms with Crippen LogP contribution in [0, 0.1) is 11.3 Å². The molecule has 0 heterocycles. The van der Waals surface area contributed by atoms with Gasteiger partial charge in [0.15, 0.2) is 0 Å². The van der Waals surface area contributed by atoms with Crippen LogP contribution in [0.2, 0.25) is 0 Å². The van der Waals surface area contributed by atoms with E-state index in [2.05, 4.69) is 6.07 Å². The van der Waals surface area contributed by atoms with Crippen LogP contribution < -0.4 is 0 Å². The quantitative estimate of drug-likeness (QED) is 0.688. The Balaban J connectivity index is 1.82. The maximum atomic E-state index is 12.8. The van der Waals surface area contributed by atoms with Crippen LogP contribution in [-0.2, 0) is 16.6 Å². The van der Waals surface area contributed by atoms with Crippen LogP contribution in [0.15, 0.2) is 83.8 Å². The van der Waals surface area contributed by atoms with Gasteiger partial charge in [-0.15, -0.1) is 0 Å². The highest BCUT2D eigenvalue weighted by atomic mass is 32.2. The molecule has 3 rings (SSSR count). The predicted octanol–water partition coefficient (Wildman–Crippen LogP) is 4.05. The van der Waals surface area contributed by atoms with E-state index in [0.717, 1.165) is 16.7 Å². The topological polar surface area (TPSA) is 61.2 Å². The van der Waals surface area contributed by atoms with Gasteiger partial charge in [0.05, 0.1) is 16.5 Å². The molecule has 0 aliphatic carbocycles. The monoisotopic (exact) mass is 362 g/mol. The van der Waals surface area contributed by atoms with Crippen molar-refractivity contribution in [2.75, 3.05) is 7.05 Å². The molecule has 4 nitrogen and oxygen atoms in total. The lowest BCUT2D eigenvalue weighted by Crippen LogP contribution is -2.26. The lowest BCUT2D eigenvalue weighted by molar-refractivity contribution is 0.466. The second-order valence-corrected chi connectivity index (χ2v) is 8.01. The summed E-state index contributed by atoms with van der Waals surface area (Å²) in [5.41, 5.74) is 3.29. The van der Waals surface area contributed by atoms with E-state index in [1.165, 1.54) is 4.31 Å². The molecule has 0 radical (unpaired) electrons. The maximum Gasteiger partial charge on any atom is 0.243 e. The zero-order valence-electron chi connectivity index (χ0n) is 14.3. The number of hydrogen-bond acceptors (Lipinski definition) is 3. The molecule has 5 heteroatoms. The molecule has 0 aromatic heterocycles. The third-order valence-electron chi connectivity index (χ3n) is 4.13. The van der Waals surface area contributed by atoms with Crippen LogP contribution in [0.1, 0.15) is 11.1 Å². The highest BCUT2D eigenvalue weighted by Crippen LogP contribution is 2.23. The van der Waals surface area contributed by atoms with Crippen molar-refractivity contribution in [3.05, 3.63) is 90.0 Å². The summed E-state index contributed by atoms with van der Waals surface area (Å²) in [4.78, 5) is 0.246. The van der Waals surface area contributed by atoms with E-state index in [-0.39, 0.29) is 11.4 Å². The van der Waals surface area contributed by atoms with Gasteiger partial charge in [0.2, 0.25) is 10.0 Å². The van der Waals surface area contributed by atoms with E-state index < -0.39 is 10.0 Å². The number of hydrogen-bond donors (Lipinski definition) is 0. The average molecular weight is 362 g/mol. The second-order valence-electron chi connectivity index (χ2n) is 5.96. The average Bonchev–Trinajstić information content (AvgIpc) is 2.69. The van der Waals surface area contributed by atoms with Crippen molar-refractivity contribution in [2.45, 2.75) is 11.4 Å². The SMILES string of the molecule is CN(Cc1cccc(C#N)c1)S(=O)(=O)c1ccc(-c2ccccc2)cc1. The minimum Gasteiger partial charge on any atom is -0.207 e. The van der Waals surface area contributed by atoms with Gasteiger partial charge in [-0.25, -0.2) is 8.42 Å². The molecule has 0 aliphatic rings. The summed E-state index contributed by atoms with van der Waals surface area (Å²) in [5.74, 6) is 0. The molecule has 0 amide bonds. The standard InChI is InChI=1S/C21H18N2O2S/c1-23(16-18-7-5-6-17(14-18)15-22)26(24,25)21-12-10-20(11-13-21)19-8-3-2-4-9-19/h2-14H,16H2,1H3. The largest absolute Gasteiger partial charge is 0.243 e. The third kappa shape index (κ3) is 3.83. The Labute approximate surface area is 154 Å². The Kier molecular flexibility index (Phi) is 5.17. The Morgan fingerprint density at radius 3 is 2.19 bits per heavy atom. The molecule has 0 N–H and O–H groups in total. The van der Waals surface area contributed by atoms with Crippen LogP contribution in [0.4, 0.5) is 0 Å². The number of nitriles is 1. The van der Waals surface area contributed by atoms with E-state index in [1.54, 1.807) is 37.4 Å². The fourth-order valence-corrected chi connectivity index (χ4v) is 3.87. The second kappa shape index (κ2) is 7.52.